The van der Waals surface area contributed by atoms with E-state index in [-0.39, 0.29) is 5.82 Å². The van der Waals surface area contributed by atoms with Gasteiger partial charge in [0.1, 0.15) is 11.6 Å². The first-order valence-corrected chi connectivity index (χ1v) is 10.2. The van der Waals surface area contributed by atoms with Crippen LogP contribution in [0.5, 0.6) is 5.75 Å². The smallest absolute Gasteiger partial charge is 0.170 e. The molecule has 2 aliphatic rings. The molecule has 4 nitrogen and oxygen atoms in total. The topological polar surface area (TPSA) is 36.5 Å². The average Bonchev–Trinajstić information content (AvgIpc) is 2.92. The van der Waals surface area contributed by atoms with Crippen molar-refractivity contribution in [3.8, 4) is 5.75 Å². The normalized spacial score (nSPS) is 24.0. The fourth-order valence-corrected chi connectivity index (χ4v) is 4.79. The molecule has 2 fully saturated rings. The number of anilines is 1. The SMILES string of the molecule is COc1cccc(NC(=S)NC2CC3CCC(C2)N3Cc2ccc(F)cc2)c1. The molecule has 2 unspecified atom stereocenters. The Morgan fingerprint density at radius 2 is 1.86 bits per heavy atom. The molecule has 0 radical (unpaired) electrons. The number of rotatable bonds is 5. The molecule has 0 aliphatic carbocycles. The average molecular weight is 400 g/mol. The largest absolute Gasteiger partial charge is 0.497 e. The van der Waals surface area contributed by atoms with Gasteiger partial charge in [0.15, 0.2) is 5.11 Å². The van der Waals surface area contributed by atoms with Gasteiger partial charge in [0.05, 0.1) is 7.11 Å². The van der Waals surface area contributed by atoms with Crippen LogP contribution in [0.15, 0.2) is 48.5 Å². The van der Waals surface area contributed by atoms with Crippen LogP contribution in [0, 0.1) is 5.82 Å². The van der Waals surface area contributed by atoms with Gasteiger partial charge < -0.3 is 15.4 Å². The number of nitrogens with zero attached hydrogens (tertiary/aromatic N) is 1. The highest BCUT2D eigenvalue weighted by Gasteiger charge is 2.40. The van der Waals surface area contributed by atoms with E-state index in [9.17, 15) is 4.39 Å². The van der Waals surface area contributed by atoms with Gasteiger partial charge >= 0.3 is 0 Å². The minimum atomic E-state index is -0.174. The molecule has 0 spiro atoms. The third kappa shape index (κ3) is 4.45. The van der Waals surface area contributed by atoms with Gasteiger partial charge in [-0.3, -0.25) is 4.90 Å². The molecular weight excluding hydrogens is 373 g/mol. The van der Waals surface area contributed by atoms with Gasteiger partial charge in [-0.05, 0) is 67.7 Å². The van der Waals surface area contributed by atoms with Gasteiger partial charge in [-0.2, -0.15) is 0 Å². The number of benzene rings is 2. The summed E-state index contributed by atoms with van der Waals surface area (Å²) in [5, 5.41) is 7.42. The van der Waals surface area contributed by atoms with Crippen LogP contribution < -0.4 is 15.4 Å². The van der Waals surface area contributed by atoms with Crippen LogP contribution in [0.1, 0.15) is 31.2 Å². The summed E-state index contributed by atoms with van der Waals surface area (Å²) in [7, 11) is 1.66. The van der Waals surface area contributed by atoms with Crippen LogP contribution in [0.2, 0.25) is 0 Å². The van der Waals surface area contributed by atoms with Crippen LogP contribution in [-0.4, -0.2) is 35.2 Å². The zero-order chi connectivity index (χ0) is 19.5. The van der Waals surface area contributed by atoms with Crippen molar-refractivity contribution in [3.05, 3.63) is 59.9 Å². The zero-order valence-corrected chi connectivity index (χ0v) is 16.8. The summed E-state index contributed by atoms with van der Waals surface area (Å²) in [5.74, 6) is 0.631. The maximum Gasteiger partial charge on any atom is 0.170 e. The first kappa shape index (κ1) is 19.2. The number of nitrogens with one attached hydrogen (secondary N) is 2. The van der Waals surface area contributed by atoms with E-state index in [2.05, 4.69) is 15.5 Å². The molecule has 2 atom stereocenters. The summed E-state index contributed by atoms with van der Waals surface area (Å²) < 4.78 is 18.4. The summed E-state index contributed by atoms with van der Waals surface area (Å²) in [4.78, 5) is 2.59. The van der Waals surface area contributed by atoms with Crippen molar-refractivity contribution in [2.45, 2.75) is 50.4 Å². The minimum Gasteiger partial charge on any atom is -0.497 e. The van der Waals surface area contributed by atoms with Crippen LogP contribution >= 0.6 is 12.2 Å². The lowest BCUT2D eigenvalue weighted by molar-refractivity contribution is 0.115. The second-order valence-corrected chi connectivity index (χ2v) is 8.09. The summed E-state index contributed by atoms with van der Waals surface area (Å²) in [5.41, 5.74) is 2.11. The number of thiocarbonyl (C=S) groups is 1. The third-order valence-corrected chi connectivity index (χ3v) is 6.05. The maximum absolute atomic E-state index is 13.2. The molecule has 4 rings (SSSR count). The van der Waals surface area contributed by atoms with Crippen molar-refractivity contribution < 1.29 is 9.13 Å². The summed E-state index contributed by atoms with van der Waals surface area (Å²) in [6.07, 6.45) is 4.61. The number of methoxy groups -OCH3 is 1. The second kappa shape index (κ2) is 8.45. The molecule has 2 bridgehead atoms. The summed E-state index contributed by atoms with van der Waals surface area (Å²) in [6.45, 7) is 0.898. The molecule has 2 saturated heterocycles. The highest BCUT2D eigenvalue weighted by molar-refractivity contribution is 7.80. The van der Waals surface area contributed by atoms with Crippen molar-refractivity contribution in [3.63, 3.8) is 0 Å². The van der Waals surface area contributed by atoms with E-state index < -0.39 is 0 Å². The van der Waals surface area contributed by atoms with E-state index in [0.29, 0.717) is 23.2 Å². The van der Waals surface area contributed by atoms with Crippen molar-refractivity contribution in [1.29, 1.82) is 0 Å². The Hall–Kier alpha value is -2.18. The van der Waals surface area contributed by atoms with Gasteiger partial charge in [0.2, 0.25) is 0 Å². The number of hydrogen-bond acceptors (Lipinski definition) is 3. The Morgan fingerprint density at radius 1 is 1.14 bits per heavy atom. The zero-order valence-electron chi connectivity index (χ0n) is 16.0. The van der Waals surface area contributed by atoms with Crippen LogP contribution in [0.3, 0.4) is 0 Å². The van der Waals surface area contributed by atoms with E-state index in [0.717, 1.165) is 30.8 Å². The molecule has 2 aromatic rings. The van der Waals surface area contributed by atoms with Gasteiger partial charge in [-0.15, -0.1) is 0 Å². The van der Waals surface area contributed by atoms with E-state index >= 15 is 0 Å². The number of hydrogen-bond donors (Lipinski definition) is 2. The fourth-order valence-electron chi connectivity index (χ4n) is 4.50. The monoisotopic (exact) mass is 399 g/mol. The fraction of sp³-hybridized carbons (Fsp3) is 0.409. The highest BCUT2D eigenvalue weighted by Crippen LogP contribution is 2.37. The molecular formula is C22H26FN3OS. The Balaban J connectivity index is 1.32. The Morgan fingerprint density at radius 3 is 2.54 bits per heavy atom. The van der Waals surface area contributed by atoms with Gasteiger partial charge in [-0.25, -0.2) is 4.39 Å². The quantitative estimate of drug-likeness (QED) is 0.733. The molecule has 2 aliphatic heterocycles. The number of fused-ring (bicyclic) bond motifs is 2. The maximum atomic E-state index is 13.2. The summed E-state index contributed by atoms with van der Waals surface area (Å²) >= 11 is 5.53. The molecule has 148 valence electrons. The molecule has 0 saturated carbocycles. The van der Waals surface area contributed by atoms with Crippen molar-refractivity contribution in [2.24, 2.45) is 0 Å². The van der Waals surface area contributed by atoms with Gasteiger partial charge in [0, 0.05) is 36.4 Å². The van der Waals surface area contributed by atoms with Gasteiger partial charge in [0.25, 0.3) is 0 Å². The second-order valence-electron chi connectivity index (χ2n) is 7.68. The molecule has 6 heteroatoms. The Kier molecular flexibility index (Phi) is 5.78. The standard InChI is InChI=1S/C22H26FN3OS/c1-27-21-4-2-3-17(13-21)24-22(28)25-18-11-19-9-10-20(12-18)26(19)14-15-5-7-16(23)8-6-15/h2-8,13,18-20H,9-12,14H2,1H3,(H2,24,25,28). The predicted molar refractivity (Wildman–Crippen MR) is 114 cm³/mol. The molecule has 0 aromatic heterocycles. The first-order valence-electron chi connectivity index (χ1n) is 9.82. The van der Waals surface area contributed by atoms with Crippen LogP contribution in [0.25, 0.3) is 0 Å². The molecule has 0 amide bonds. The lowest BCUT2D eigenvalue weighted by Crippen LogP contribution is -2.50. The molecule has 2 heterocycles. The van der Waals surface area contributed by atoms with Crippen molar-refractivity contribution >= 4 is 23.0 Å². The lowest BCUT2D eigenvalue weighted by Gasteiger charge is -2.39. The summed E-state index contributed by atoms with van der Waals surface area (Å²) in [6, 6.07) is 16.2. The lowest BCUT2D eigenvalue weighted by atomic mass is 9.96. The molecule has 2 aromatic carbocycles. The Labute approximate surface area is 171 Å². The Bertz CT molecular complexity index is 815. The van der Waals surface area contributed by atoms with Crippen molar-refractivity contribution in [2.75, 3.05) is 12.4 Å². The minimum absolute atomic E-state index is 0.174. The predicted octanol–water partition coefficient (Wildman–Crippen LogP) is 4.32. The van der Waals surface area contributed by atoms with E-state index in [4.69, 9.17) is 17.0 Å². The highest BCUT2D eigenvalue weighted by atomic mass is 32.1. The first-order chi connectivity index (χ1) is 13.6. The van der Waals surface area contributed by atoms with Crippen LogP contribution in [0.4, 0.5) is 10.1 Å². The van der Waals surface area contributed by atoms with E-state index in [1.54, 1.807) is 19.2 Å². The van der Waals surface area contributed by atoms with Gasteiger partial charge in [-0.1, -0.05) is 18.2 Å². The molecule has 28 heavy (non-hydrogen) atoms. The van der Waals surface area contributed by atoms with E-state index in [1.165, 1.54) is 18.4 Å². The number of piperidine rings is 1. The van der Waals surface area contributed by atoms with E-state index in [1.807, 2.05) is 36.4 Å². The third-order valence-electron chi connectivity index (χ3n) is 5.83. The van der Waals surface area contributed by atoms with Crippen LogP contribution in [-0.2, 0) is 6.54 Å². The number of halogens is 1. The number of ether oxygens (including phenoxy) is 1. The van der Waals surface area contributed by atoms with Crippen molar-refractivity contribution in [1.82, 2.24) is 10.2 Å². The molecule has 2 N–H and O–H groups in total.